The van der Waals surface area contributed by atoms with Gasteiger partial charge in [0.25, 0.3) is 0 Å². The number of unbranched alkanes of at least 4 members (excludes halogenated alkanes) is 6. The summed E-state index contributed by atoms with van der Waals surface area (Å²) in [4.78, 5) is 0. The number of hydrogen-bond donors (Lipinski definition) is 0. The molecular formula is C10H18BrF5S. The SMILES string of the molecule is CCCCCCCC/C=C(\Br)S(F)(F)(F)(F)F. The summed E-state index contributed by atoms with van der Waals surface area (Å²) in [5, 5.41) is 0. The first-order valence-electron chi connectivity index (χ1n) is 5.57. The average Bonchev–Trinajstić information content (AvgIpc) is 2.12. The van der Waals surface area contributed by atoms with Gasteiger partial charge in [-0.3, -0.25) is 0 Å². The van der Waals surface area contributed by atoms with Crippen LogP contribution in [0.3, 0.4) is 0 Å². The Hall–Kier alpha value is 0.220. The van der Waals surface area contributed by atoms with Crippen LogP contribution in [0.2, 0.25) is 0 Å². The van der Waals surface area contributed by atoms with Gasteiger partial charge in [0.05, 0.1) is 0 Å². The van der Waals surface area contributed by atoms with Crippen LogP contribution in [0.15, 0.2) is 9.89 Å². The molecule has 0 radical (unpaired) electrons. The summed E-state index contributed by atoms with van der Waals surface area (Å²) in [6.45, 7) is 2.06. The highest BCUT2D eigenvalue weighted by Crippen LogP contribution is 3.03. The molecule has 0 amide bonds. The molecule has 106 valence electrons. The Morgan fingerprint density at radius 1 is 0.941 bits per heavy atom. The topological polar surface area (TPSA) is 0 Å². The van der Waals surface area contributed by atoms with E-state index in [0.717, 1.165) is 32.1 Å². The van der Waals surface area contributed by atoms with Crippen molar-refractivity contribution in [3.63, 3.8) is 0 Å². The number of rotatable bonds is 8. The molecule has 0 aliphatic rings. The van der Waals surface area contributed by atoms with E-state index in [0.29, 0.717) is 12.5 Å². The highest BCUT2D eigenvalue weighted by Gasteiger charge is 2.66. The van der Waals surface area contributed by atoms with Gasteiger partial charge in [0.1, 0.15) is 3.81 Å². The van der Waals surface area contributed by atoms with E-state index in [1.165, 1.54) is 0 Å². The number of allylic oxidation sites excluding steroid dienone is 1. The third-order valence-corrected chi connectivity index (χ3v) is 5.29. The van der Waals surface area contributed by atoms with Gasteiger partial charge in [0, 0.05) is 0 Å². The lowest BCUT2D eigenvalue weighted by Crippen LogP contribution is -2.04. The van der Waals surface area contributed by atoms with E-state index in [1.807, 2.05) is 15.9 Å². The molecule has 0 N–H and O–H groups in total. The summed E-state index contributed by atoms with van der Waals surface area (Å²) in [5.74, 6) is 0. The monoisotopic (exact) mass is 344 g/mol. The van der Waals surface area contributed by atoms with Crippen molar-refractivity contribution in [2.75, 3.05) is 0 Å². The van der Waals surface area contributed by atoms with Crippen LogP contribution in [-0.2, 0) is 0 Å². The Morgan fingerprint density at radius 3 is 1.88 bits per heavy atom. The Morgan fingerprint density at radius 2 is 1.41 bits per heavy atom. The lowest BCUT2D eigenvalue weighted by atomic mass is 10.1. The molecule has 0 aromatic rings. The van der Waals surface area contributed by atoms with E-state index in [-0.39, 0.29) is 6.42 Å². The minimum Gasteiger partial charge on any atom is -0.0932 e. The molecular weight excluding hydrogens is 327 g/mol. The van der Waals surface area contributed by atoms with Crippen LogP contribution >= 0.6 is 26.2 Å². The average molecular weight is 345 g/mol. The van der Waals surface area contributed by atoms with E-state index in [4.69, 9.17) is 0 Å². The maximum atomic E-state index is 12.2. The molecule has 0 atom stereocenters. The quantitative estimate of drug-likeness (QED) is 0.320. The molecule has 0 unspecified atom stereocenters. The summed E-state index contributed by atoms with van der Waals surface area (Å²) < 4.78 is 59.0. The molecule has 0 bridgehead atoms. The second-order valence-corrected chi connectivity index (χ2v) is 7.79. The number of hydrogen-bond acceptors (Lipinski definition) is 0. The molecule has 0 aromatic carbocycles. The standard InChI is InChI=1S/C10H18BrF5S/c1-2-3-4-5-6-7-8-9-10(11)17(12,13,14,15)16/h9H,2-8H2,1H3/b10-9+. The smallest absolute Gasteiger partial charge is 0.0932 e. The fourth-order valence-electron chi connectivity index (χ4n) is 1.30. The van der Waals surface area contributed by atoms with Crippen molar-refractivity contribution in [3.05, 3.63) is 9.89 Å². The fraction of sp³-hybridized carbons (Fsp3) is 0.800. The van der Waals surface area contributed by atoms with Crippen LogP contribution < -0.4 is 0 Å². The lowest BCUT2D eigenvalue weighted by molar-refractivity contribution is 0.383. The van der Waals surface area contributed by atoms with Gasteiger partial charge in [-0.1, -0.05) is 64.5 Å². The van der Waals surface area contributed by atoms with E-state index >= 15 is 0 Å². The van der Waals surface area contributed by atoms with Crippen LogP contribution in [-0.4, -0.2) is 0 Å². The predicted molar refractivity (Wildman–Crippen MR) is 68.1 cm³/mol. The van der Waals surface area contributed by atoms with Crippen LogP contribution in [0.5, 0.6) is 0 Å². The maximum Gasteiger partial charge on any atom is 0.316 e. The fourth-order valence-corrected chi connectivity index (χ4v) is 1.96. The molecule has 17 heavy (non-hydrogen) atoms. The summed E-state index contributed by atoms with van der Waals surface area (Å²) in [6.07, 6.45) is 6.03. The second kappa shape index (κ2) is 5.47. The summed E-state index contributed by atoms with van der Waals surface area (Å²) in [6, 6.07) is 0. The highest BCUT2D eigenvalue weighted by atomic mass is 79.9. The van der Waals surface area contributed by atoms with Crippen molar-refractivity contribution >= 4 is 26.2 Å². The first kappa shape index (κ1) is 17.2. The third kappa shape index (κ3) is 8.88. The predicted octanol–water partition coefficient (Wildman–Crippen LogP) is 7.27. The van der Waals surface area contributed by atoms with Crippen molar-refractivity contribution in [2.24, 2.45) is 0 Å². The first-order chi connectivity index (χ1) is 7.47. The normalized spacial score (nSPS) is 17.7. The zero-order chi connectivity index (χ0) is 13.6. The van der Waals surface area contributed by atoms with Crippen LogP contribution in [0.1, 0.15) is 51.9 Å². The zero-order valence-corrected chi connectivity index (χ0v) is 12.1. The molecule has 0 aliphatic heterocycles. The Balaban J connectivity index is 3.96. The van der Waals surface area contributed by atoms with Gasteiger partial charge < -0.3 is 0 Å². The van der Waals surface area contributed by atoms with Gasteiger partial charge in [-0.25, -0.2) is 0 Å². The molecule has 0 saturated carbocycles. The van der Waals surface area contributed by atoms with Gasteiger partial charge in [0.15, 0.2) is 0 Å². The van der Waals surface area contributed by atoms with Gasteiger partial charge in [-0.15, -0.1) is 0 Å². The van der Waals surface area contributed by atoms with Gasteiger partial charge in [0.2, 0.25) is 0 Å². The summed E-state index contributed by atoms with van der Waals surface area (Å²) in [7, 11) is -9.46. The highest BCUT2D eigenvalue weighted by molar-refractivity contribution is 9.15. The van der Waals surface area contributed by atoms with E-state index in [1.54, 1.807) is 0 Å². The Bertz CT molecular complexity index is 268. The van der Waals surface area contributed by atoms with E-state index in [2.05, 4.69) is 6.92 Å². The van der Waals surface area contributed by atoms with Crippen molar-refractivity contribution in [2.45, 2.75) is 51.9 Å². The molecule has 0 spiro atoms. The molecule has 0 saturated heterocycles. The minimum atomic E-state index is -9.46. The van der Waals surface area contributed by atoms with Crippen LogP contribution in [0.25, 0.3) is 0 Å². The molecule has 0 aliphatic carbocycles. The molecule has 0 nitrogen and oxygen atoms in total. The van der Waals surface area contributed by atoms with Crippen molar-refractivity contribution < 1.29 is 19.4 Å². The molecule has 0 rings (SSSR count). The van der Waals surface area contributed by atoms with Crippen molar-refractivity contribution in [3.8, 4) is 0 Å². The van der Waals surface area contributed by atoms with E-state index < -0.39 is 14.0 Å². The maximum absolute atomic E-state index is 12.2. The molecule has 0 aromatic heterocycles. The molecule has 7 heteroatoms. The Labute approximate surface area is 108 Å². The van der Waals surface area contributed by atoms with Gasteiger partial charge in [-0.05, 0) is 28.8 Å². The van der Waals surface area contributed by atoms with Crippen LogP contribution in [0.4, 0.5) is 19.4 Å². The van der Waals surface area contributed by atoms with Gasteiger partial charge in [-0.2, -0.15) is 0 Å². The Kier molecular flexibility index (Phi) is 5.54. The van der Waals surface area contributed by atoms with Crippen molar-refractivity contribution in [1.82, 2.24) is 0 Å². The third-order valence-electron chi connectivity index (χ3n) is 2.23. The van der Waals surface area contributed by atoms with Crippen molar-refractivity contribution in [1.29, 1.82) is 0 Å². The lowest BCUT2D eigenvalue weighted by Gasteiger charge is -2.40. The first-order valence-corrected chi connectivity index (χ1v) is 8.31. The number of halogens is 6. The van der Waals surface area contributed by atoms with E-state index in [9.17, 15) is 19.4 Å². The second-order valence-electron chi connectivity index (χ2n) is 4.03. The van der Waals surface area contributed by atoms with Crippen LogP contribution in [0, 0.1) is 0 Å². The molecule has 0 heterocycles. The molecule has 0 fully saturated rings. The summed E-state index contributed by atoms with van der Waals surface area (Å²) >= 11 is 1.94. The summed E-state index contributed by atoms with van der Waals surface area (Å²) in [5.41, 5.74) is 0. The largest absolute Gasteiger partial charge is 0.316 e. The minimum absolute atomic E-state index is 0.0261. The van der Waals surface area contributed by atoms with Gasteiger partial charge >= 0.3 is 10.2 Å². The zero-order valence-electron chi connectivity index (χ0n) is 9.70.